The molecule has 1 N–H and O–H groups in total. The molecule has 0 unspecified atom stereocenters. The molecule has 98 valence electrons. The van der Waals surface area contributed by atoms with Gasteiger partial charge in [-0.15, -0.1) is 5.10 Å². The van der Waals surface area contributed by atoms with E-state index < -0.39 is 5.97 Å². The minimum absolute atomic E-state index is 0.349. The number of carboxylic acids is 1. The van der Waals surface area contributed by atoms with Crippen LogP contribution in [-0.2, 0) is 4.79 Å². The van der Waals surface area contributed by atoms with Crippen molar-refractivity contribution in [3.05, 3.63) is 11.6 Å². The summed E-state index contributed by atoms with van der Waals surface area (Å²) in [6, 6.07) is 0.409. The molecule has 1 saturated carbocycles. The third-order valence-electron chi connectivity index (χ3n) is 3.07. The Kier molecular flexibility index (Phi) is 4.35. The molecule has 6 nitrogen and oxygen atoms in total. The largest absolute Gasteiger partial charge is 0.478 e. The fourth-order valence-electron chi connectivity index (χ4n) is 1.99. The van der Waals surface area contributed by atoms with Crippen LogP contribution in [0.5, 0.6) is 0 Å². The van der Waals surface area contributed by atoms with Crippen LogP contribution in [0.3, 0.4) is 0 Å². The molecule has 0 atom stereocenters. The highest BCUT2D eigenvalue weighted by Crippen LogP contribution is 2.31. The Labute approximate surface area is 109 Å². The smallest absolute Gasteiger partial charge is 0.330 e. The first-order valence-corrected chi connectivity index (χ1v) is 6.97. The minimum atomic E-state index is -0.883. The van der Waals surface area contributed by atoms with Crippen molar-refractivity contribution in [2.45, 2.75) is 43.8 Å². The zero-order valence-electron chi connectivity index (χ0n) is 10.2. The quantitative estimate of drug-likeness (QED) is 0.649. The van der Waals surface area contributed by atoms with E-state index in [4.69, 9.17) is 5.11 Å². The molecule has 18 heavy (non-hydrogen) atoms. The topological polar surface area (TPSA) is 80.9 Å². The number of aliphatic carboxylic acids is 1. The molecule has 0 bridgehead atoms. The Balaban J connectivity index is 1.95. The fraction of sp³-hybridized carbons (Fsp3) is 0.636. The lowest BCUT2D eigenvalue weighted by Gasteiger charge is -2.09. The molecule has 1 heterocycles. The van der Waals surface area contributed by atoms with Crippen molar-refractivity contribution in [1.29, 1.82) is 0 Å². The lowest BCUT2D eigenvalue weighted by Crippen LogP contribution is -2.08. The number of thioether (sulfide) groups is 1. The van der Waals surface area contributed by atoms with Crippen LogP contribution in [0.25, 0.3) is 0 Å². The Bertz CT molecular complexity index is 452. The van der Waals surface area contributed by atoms with Crippen molar-refractivity contribution >= 4 is 17.7 Å². The third kappa shape index (κ3) is 3.10. The van der Waals surface area contributed by atoms with Crippen LogP contribution in [0, 0.1) is 0 Å². The number of carbonyl (C=O) groups is 1. The third-order valence-corrected chi connectivity index (χ3v) is 3.93. The lowest BCUT2D eigenvalue weighted by atomic mass is 10.3. The summed E-state index contributed by atoms with van der Waals surface area (Å²) < 4.78 is 1.88. The minimum Gasteiger partial charge on any atom is -0.478 e. The fourth-order valence-corrected chi connectivity index (χ4v) is 2.88. The average Bonchev–Trinajstić information content (AvgIpc) is 2.98. The maximum Gasteiger partial charge on any atom is 0.330 e. The number of carboxylic acid groups (broad SMARTS) is 1. The zero-order valence-corrected chi connectivity index (χ0v) is 11.1. The van der Waals surface area contributed by atoms with Crippen molar-refractivity contribution in [2.24, 2.45) is 0 Å². The van der Waals surface area contributed by atoms with E-state index >= 15 is 0 Å². The number of nitrogens with zero attached hydrogens (tertiary/aromatic N) is 4. The summed E-state index contributed by atoms with van der Waals surface area (Å²) >= 11 is 1.47. The van der Waals surface area contributed by atoms with E-state index in [2.05, 4.69) is 15.5 Å². The summed E-state index contributed by atoms with van der Waals surface area (Å²) in [5, 5.41) is 21.2. The van der Waals surface area contributed by atoms with Gasteiger partial charge in [0.05, 0.1) is 6.04 Å². The molecular formula is C11H16N4O2S. The van der Waals surface area contributed by atoms with Crippen molar-refractivity contribution in [3.8, 4) is 0 Å². The second-order valence-corrected chi connectivity index (χ2v) is 5.33. The van der Waals surface area contributed by atoms with Gasteiger partial charge in [-0.3, -0.25) is 0 Å². The molecule has 1 aromatic rings. The SMILES string of the molecule is CC(=CCSc1nnnn1C1CCCC1)C(=O)O. The highest BCUT2D eigenvalue weighted by Gasteiger charge is 2.21. The number of aromatic nitrogens is 4. The molecule has 0 aliphatic heterocycles. The van der Waals surface area contributed by atoms with Gasteiger partial charge >= 0.3 is 5.97 Å². The molecule has 7 heteroatoms. The molecule has 1 aromatic heterocycles. The van der Waals surface area contributed by atoms with Crippen molar-refractivity contribution in [2.75, 3.05) is 5.75 Å². The molecule has 2 rings (SSSR count). The molecule has 0 spiro atoms. The second kappa shape index (κ2) is 5.99. The molecule has 1 aliphatic carbocycles. The van der Waals surface area contributed by atoms with Gasteiger partial charge in [-0.25, -0.2) is 9.48 Å². The van der Waals surface area contributed by atoms with E-state index in [-0.39, 0.29) is 0 Å². The molecule has 0 saturated heterocycles. The summed E-state index contributed by atoms with van der Waals surface area (Å²) in [5.74, 6) is -0.309. The Hall–Kier alpha value is -1.37. The molecule has 1 aliphatic rings. The maximum atomic E-state index is 10.6. The summed E-state index contributed by atoms with van der Waals surface area (Å²) in [7, 11) is 0. The number of hydrogen-bond acceptors (Lipinski definition) is 5. The molecule has 0 radical (unpaired) electrons. The van der Waals surface area contributed by atoms with Gasteiger partial charge in [-0.05, 0) is 30.2 Å². The normalized spacial score (nSPS) is 17.3. The van der Waals surface area contributed by atoms with E-state index in [1.165, 1.54) is 24.6 Å². The number of rotatable bonds is 5. The summed E-state index contributed by atoms with van der Waals surface area (Å²) in [4.78, 5) is 10.6. The van der Waals surface area contributed by atoms with Crippen LogP contribution >= 0.6 is 11.8 Å². The van der Waals surface area contributed by atoms with E-state index in [9.17, 15) is 4.79 Å². The first-order chi connectivity index (χ1) is 8.68. The second-order valence-electron chi connectivity index (χ2n) is 4.35. The Morgan fingerprint density at radius 2 is 2.28 bits per heavy atom. The first kappa shape index (κ1) is 13.1. The van der Waals surface area contributed by atoms with Crippen LogP contribution < -0.4 is 0 Å². The molecular weight excluding hydrogens is 252 g/mol. The van der Waals surface area contributed by atoms with Gasteiger partial charge in [0.15, 0.2) is 0 Å². The van der Waals surface area contributed by atoms with E-state index in [1.807, 2.05) is 4.68 Å². The number of hydrogen-bond donors (Lipinski definition) is 1. The highest BCUT2D eigenvalue weighted by atomic mass is 32.2. The Morgan fingerprint density at radius 1 is 1.56 bits per heavy atom. The van der Waals surface area contributed by atoms with Gasteiger partial charge in [0.1, 0.15) is 0 Å². The molecule has 0 aromatic carbocycles. The van der Waals surface area contributed by atoms with Crippen LogP contribution in [0.1, 0.15) is 38.6 Å². The predicted molar refractivity (Wildman–Crippen MR) is 67.4 cm³/mol. The van der Waals surface area contributed by atoms with Crippen molar-refractivity contribution in [1.82, 2.24) is 20.2 Å². The maximum absolute atomic E-state index is 10.6. The standard InChI is InChI=1S/C11H16N4O2S/c1-8(10(16)17)6-7-18-11-12-13-14-15(11)9-4-2-3-5-9/h6,9H,2-5,7H2,1H3,(H,16,17). The average molecular weight is 268 g/mol. The van der Waals surface area contributed by atoms with Crippen molar-refractivity contribution in [3.63, 3.8) is 0 Å². The van der Waals surface area contributed by atoms with E-state index in [0.717, 1.165) is 18.0 Å². The van der Waals surface area contributed by atoms with E-state index in [1.54, 1.807) is 13.0 Å². The molecule has 1 fully saturated rings. The van der Waals surface area contributed by atoms with Gasteiger partial charge in [-0.2, -0.15) is 0 Å². The van der Waals surface area contributed by atoms with Gasteiger partial charge in [0.25, 0.3) is 0 Å². The van der Waals surface area contributed by atoms with Gasteiger partial charge in [0.2, 0.25) is 5.16 Å². The van der Waals surface area contributed by atoms with Gasteiger partial charge in [-0.1, -0.05) is 30.7 Å². The van der Waals surface area contributed by atoms with Crippen molar-refractivity contribution < 1.29 is 9.90 Å². The summed E-state index contributed by atoms with van der Waals surface area (Å²) in [6.45, 7) is 1.59. The number of tetrazole rings is 1. The summed E-state index contributed by atoms with van der Waals surface area (Å²) in [5.41, 5.74) is 0.349. The highest BCUT2D eigenvalue weighted by molar-refractivity contribution is 7.99. The first-order valence-electron chi connectivity index (χ1n) is 5.99. The predicted octanol–water partition coefficient (Wildman–Crippen LogP) is 1.91. The zero-order chi connectivity index (χ0) is 13.0. The van der Waals surface area contributed by atoms with Crippen LogP contribution in [0.4, 0.5) is 0 Å². The lowest BCUT2D eigenvalue weighted by molar-refractivity contribution is -0.132. The van der Waals surface area contributed by atoms with Gasteiger partial charge < -0.3 is 5.11 Å². The van der Waals surface area contributed by atoms with Crippen LogP contribution in [-0.4, -0.2) is 37.0 Å². The molecule has 0 amide bonds. The van der Waals surface area contributed by atoms with Crippen LogP contribution in [0.2, 0.25) is 0 Å². The van der Waals surface area contributed by atoms with E-state index in [0.29, 0.717) is 17.4 Å². The monoisotopic (exact) mass is 268 g/mol. The Morgan fingerprint density at radius 3 is 2.94 bits per heavy atom. The summed E-state index contributed by atoms with van der Waals surface area (Å²) in [6.07, 6.45) is 6.39. The van der Waals surface area contributed by atoms with Crippen LogP contribution in [0.15, 0.2) is 16.8 Å². The van der Waals surface area contributed by atoms with Gasteiger partial charge in [0, 0.05) is 11.3 Å².